The maximum Gasteiger partial charge on any atom is 0.0465 e. The van der Waals surface area contributed by atoms with Crippen molar-refractivity contribution in [3.05, 3.63) is 12.2 Å². The molecule has 0 amide bonds. The van der Waals surface area contributed by atoms with E-state index in [2.05, 4.69) is 19.1 Å². The molecule has 0 aliphatic heterocycles. The highest BCUT2D eigenvalue weighted by Crippen LogP contribution is 1.99. The fraction of sp³-hybridized carbons (Fsp3) is 0.778. The SMILES string of the molecule is CCCCC/C=C/CCO. The Labute approximate surface area is 63.8 Å². The summed E-state index contributed by atoms with van der Waals surface area (Å²) in [6, 6.07) is 0. The Kier molecular flexibility index (Phi) is 8.44. The van der Waals surface area contributed by atoms with Crippen molar-refractivity contribution >= 4 is 0 Å². The summed E-state index contributed by atoms with van der Waals surface area (Å²) in [5, 5.41) is 8.42. The van der Waals surface area contributed by atoms with Gasteiger partial charge in [0.05, 0.1) is 0 Å². The van der Waals surface area contributed by atoms with Gasteiger partial charge in [0.25, 0.3) is 0 Å². The minimum absolute atomic E-state index is 0.282. The van der Waals surface area contributed by atoms with E-state index in [-0.39, 0.29) is 6.61 Å². The van der Waals surface area contributed by atoms with Crippen LogP contribution in [-0.2, 0) is 0 Å². The van der Waals surface area contributed by atoms with E-state index < -0.39 is 0 Å². The lowest BCUT2D eigenvalue weighted by atomic mass is 10.2. The molecule has 0 aromatic rings. The van der Waals surface area contributed by atoms with Crippen LogP contribution in [0.1, 0.15) is 39.0 Å². The Morgan fingerprint density at radius 1 is 1.10 bits per heavy atom. The summed E-state index contributed by atoms with van der Waals surface area (Å²) in [5.74, 6) is 0. The molecular weight excluding hydrogens is 124 g/mol. The van der Waals surface area contributed by atoms with Gasteiger partial charge in [-0.05, 0) is 19.3 Å². The molecule has 0 saturated heterocycles. The van der Waals surface area contributed by atoms with Crippen molar-refractivity contribution in [2.24, 2.45) is 0 Å². The van der Waals surface area contributed by atoms with Gasteiger partial charge in [-0.2, -0.15) is 0 Å². The van der Waals surface area contributed by atoms with E-state index in [0.717, 1.165) is 6.42 Å². The first-order chi connectivity index (χ1) is 4.91. The van der Waals surface area contributed by atoms with Crippen molar-refractivity contribution in [2.75, 3.05) is 6.61 Å². The molecular formula is C9H18O. The third-order valence-electron chi connectivity index (χ3n) is 1.44. The second-order valence-electron chi connectivity index (χ2n) is 2.48. The highest BCUT2D eigenvalue weighted by atomic mass is 16.2. The van der Waals surface area contributed by atoms with E-state index in [0.29, 0.717) is 0 Å². The summed E-state index contributed by atoms with van der Waals surface area (Å²) in [6.07, 6.45) is 10.1. The number of rotatable bonds is 6. The van der Waals surface area contributed by atoms with Gasteiger partial charge in [-0.15, -0.1) is 0 Å². The molecule has 0 aromatic heterocycles. The van der Waals surface area contributed by atoms with Gasteiger partial charge in [-0.1, -0.05) is 31.9 Å². The average molecular weight is 142 g/mol. The Morgan fingerprint density at radius 2 is 1.80 bits per heavy atom. The molecule has 0 heterocycles. The maximum atomic E-state index is 8.42. The Bertz CT molecular complexity index is 76.8. The molecule has 1 N–H and O–H groups in total. The van der Waals surface area contributed by atoms with Gasteiger partial charge in [-0.3, -0.25) is 0 Å². The van der Waals surface area contributed by atoms with Crippen LogP contribution in [0.15, 0.2) is 12.2 Å². The summed E-state index contributed by atoms with van der Waals surface area (Å²) >= 11 is 0. The molecule has 0 saturated carbocycles. The standard InChI is InChI=1S/C9H18O/c1-2-3-4-5-6-7-8-9-10/h6-7,10H,2-5,8-9H2,1H3/b7-6+. The molecule has 0 rings (SSSR count). The molecule has 0 aliphatic rings. The number of allylic oxidation sites excluding steroid dienone is 1. The predicted octanol–water partition coefficient (Wildman–Crippen LogP) is 2.51. The van der Waals surface area contributed by atoms with Gasteiger partial charge in [0.2, 0.25) is 0 Å². The van der Waals surface area contributed by atoms with Gasteiger partial charge in [0, 0.05) is 6.61 Å². The molecule has 0 unspecified atom stereocenters. The zero-order valence-corrected chi connectivity index (χ0v) is 6.84. The van der Waals surface area contributed by atoms with Crippen LogP contribution in [0.25, 0.3) is 0 Å². The monoisotopic (exact) mass is 142 g/mol. The van der Waals surface area contributed by atoms with Crippen LogP contribution in [0.2, 0.25) is 0 Å². The first-order valence-electron chi connectivity index (χ1n) is 4.17. The molecule has 0 fully saturated rings. The van der Waals surface area contributed by atoms with Gasteiger partial charge in [0.15, 0.2) is 0 Å². The molecule has 0 spiro atoms. The van der Waals surface area contributed by atoms with Crippen molar-refractivity contribution < 1.29 is 5.11 Å². The van der Waals surface area contributed by atoms with Gasteiger partial charge in [-0.25, -0.2) is 0 Å². The number of aliphatic hydroxyl groups is 1. The van der Waals surface area contributed by atoms with Crippen molar-refractivity contribution in [3.63, 3.8) is 0 Å². The Balaban J connectivity index is 2.88. The zero-order chi connectivity index (χ0) is 7.66. The van der Waals surface area contributed by atoms with E-state index >= 15 is 0 Å². The fourth-order valence-electron chi connectivity index (χ4n) is 0.822. The quantitative estimate of drug-likeness (QED) is 0.446. The van der Waals surface area contributed by atoms with E-state index in [1.54, 1.807) is 0 Å². The second kappa shape index (κ2) is 8.70. The van der Waals surface area contributed by atoms with Crippen molar-refractivity contribution in [3.8, 4) is 0 Å². The van der Waals surface area contributed by atoms with E-state index in [9.17, 15) is 0 Å². The average Bonchev–Trinajstić information content (AvgIpc) is 1.97. The third kappa shape index (κ3) is 7.70. The van der Waals surface area contributed by atoms with E-state index in [1.807, 2.05) is 0 Å². The number of aliphatic hydroxyl groups excluding tert-OH is 1. The van der Waals surface area contributed by atoms with Crippen molar-refractivity contribution in [1.29, 1.82) is 0 Å². The van der Waals surface area contributed by atoms with Crippen LogP contribution < -0.4 is 0 Å². The van der Waals surface area contributed by atoms with Crippen LogP contribution in [0, 0.1) is 0 Å². The van der Waals surface area contributed by atoms with E-state index in [4.69, 9.17) is 5.11 Å². The number of hydrogen-bond donors (Lipinski definition) is 1. The first-order valence-corrected chi connectivity index (χ1v) is 4.17. The minimum Gasteiger partial charge on any atom is -0.396 e. The largest absolute Gasteiger partial charge is 0.396 e. The number of unbranched alkanes of at least 4 members (excludes halogenated alkanes) is 3. The topological polar surface area (TPSA) is 20.2 Å². The molecule has 0 atom stereocenters. The highest BCUT2D eigenvalue weighted by Gasteiger charge is 1.80. The lowest BCUT2D eigenvalue weighted by molar-refractivity contribution is 0.302. The summed E-state index contributed by atoms with van der Waals surface area (Å²) in [6.45, 7) is 2.49. The minimum atomic E-state index is 0.282. The molecule has 0 radical (unpaired) electrons. The lowest BCUT2D eigenvalue weighted by Gasteiger charge is -1.90. The molecule has 1 nitrogen and oxygen atoms in total. The summed E-state index contributed by atoms with van der Waals surface area (Å²) < 4.78 is 0. The molecule has 0 bridgehead atoms. The molecule has 0 aliphatic carbocycles. The van der Waals surface area contributed by atoms with Crippen molar-refractivity contribution in [1.82, 2.24) is 0 Å². The zero-order valence-electron chi connectivity index (χ0n) is 6.84. The van der Waals surface area contributed by atoms with E-state index in [1.165, 1.54) is 25.7 Å². The molecule has 10 heavy (non-hydrogen) atoms. The van der Waals surface area contributed by atoms with Crippen LogP contribution in [-0.4, -0.2) is 11.7 Å². The third-order valence-corrected chi connectivity index (χ3v) is 1.44. The smallest absolute Gasteiger partial charge is 0.0465 e. The van der Waals surface area contributed by atoms with Gasteiger partial charge < -0.3 is 5.11 Å². The van der Waals surface area contributed by atoms with Crippen LogP contribution in [0.5, 0.6) is 0 Å². The molecule has 0 aromatic carbocycles. The first kappa shape index (κ1) is 9.70. The van der Waals surface area contributed by atoms with Gasteiger partial charge in [0.1, 0.15) is 0 Å². The number of hydrogen-bond acceptors (Lipinski definition) is 1. The highest BCUT2D eigenvalue weighted by molar-refractivity contribution is 4.80. The van der Waals surface area contributed by atoms with Gasteiger partial charge >= 0.3 is 0 Å². The fourth-order valence-corrected chi connectivity index (χ4v) is 0.822. The van der Waals surface area contributed by atoms with Crippen LogP contribution >= 0.6 is 0 Å². The lowest BCUT2D eigenvalue weighted by Crippen LogP contribution is -1.76. The second-order valence-corrected chi connectivity index (χ2v) is 2.48. The van der Waals surface area contributed by atoms with Crippen LogP contribution in [0.3, 0.4) is 0 Å². The Hall–Kier alpha value is -0.300. The van der Waals surface area contributed by atoms with Crippen LogP contribution in [0.4, 0.5) is 0 Å². The normalized spacial score (nSPS) is 11.0. The summed E-state index contributed by atoms with van der Waals surface area (Å²) in [4.78, 5) is 0. The predicted molar refractivity (Wildman–Crippen MR) is 45.0 cm³/mol. The van der Waals surface area contributed by atoms with Crippen molar-refractivity contribution in [2.45, 2.75) is 39.0 Å². The summed E-state index contributed by atoms with van der Waals surface area (Å²) in [5.41, 5.74) is 0. The summed E-state index contributed by atoms with van der Waals surface area (Å²) in [7, 11) is 0. The molecule has 60 valence electrons. The Morgan fingerprint density at radius 3 is 2.40 bits per heavy atom. The maximum absolute atomic E-state index is 8.42. The molecule has 1 heteroatoms.